The predicted molar refractivity (Wildman–Crippen MR) is 120 cm³/mol. The summed E-state index contributed by atoms with van der Waals surface area (Å²) in [5, 5.41) is 8.77. The molecule has 0 fully saturated rings. The molecule has 0 atom stereocenters. The molecule has 9 heteroatoms. The molecule has 4 rings (SSSR count). The Balaban J connectivity index is 1.48. The molecular weight excluding hydrogens is 455 g/mol. The van der Waals surface area contributed by atoms with Crippen LogP contribution >= 0.6 is 11.3 Å². The Morgan fingerprint density at radius 1 is 1.06 bits per heavy atom. The van der Waals surface area contributed by atoms with Crippen LogP contribution in [0.2, 0.25) is 0 Å². The summed E-state index contributed by atoms with van der Waals surface area (Å²) in [5.74, 6) is -0.768. The Bertz CT molecular complexity index is 1170. The second kappa shape index (κ2) is 9.27. The minimum Gasteiger partial charge on any atom is -0.484 e. The van der Waals surface area contributed by atoms with E-state index in [0.29, 0.717) is 34.8 Å². The van der Waals surface area contributed by atoms with Crippen LogP contribution < -0.4 is 9.64 Å². The van der Waals surface area contributed by atoms with Crippen molar-refractivity contribution in [2.45, 2.75) is 32.0 Å². The van der Waals surface area contributed by atoms with Gasteiger partial charge in [-0.25, -0.2) is 0 Å². The van der Waals surface area contributed by atoms with Crippen molar-refractivity contribution in [2.24, 2.45) is 0 Å². The van der Waals surface area contributed by atoms with Gasteiger partial charge in [0.05, 0.1) is 12.0 Å². The van der Waals surface area contributed by atoms with E-state index in [2.05, 4.69) is 0 Å². The number of benzene rings is 2. The van der Waals surface area contributed by atoms with Crippen LogP contribution in [0.5, 0.6) is 5.75 Å². The lowest BCUT2D eigenvalue weighted by atomic mass is 10.1. The van der Waals surface area contributed by atoms with Crippen molar-refractivity contribution in [2.75, 3.05) is 11.4 Å². The molecule has 0 radical (unpaired) electrons. The van der Waals surface area contributed by atoms with Gasteiger partial charge in [0.2, 0.25) is 5.91 Å². The molecule has 2 heterocycles. The smallest absolute Gasteiger partial charge is 0.466 e. The van der Waals surface area contributed by atoms with Crippen LogP contribution in [0.3, 0.4) is 0 Å². The van der Waals surface area contributed by atoms with Crippen LogP contribution in [0.4, 0.5) is 18.9 Å². The number of fused-ring (bicyclic) bond motifs is 1. The van der Waals surface area contributed by atoms with Crippen molar-refractivity contribution in [3.8, 4) is 16.9 Å². The van der Waals surface area contributed by atoms with Gasteiger partial charge in [-0.2, -0.15) is 13.2 Å². The second-order valence-electron chi connectivity index (χ2n) is 7.64. The molecular formula is C24H21F3NO4S+. The minimum atomic E-state index is -4.44. The van der Waals surface area contributed by atoms with E-state index in [-0.39, 0.29) is 42.3 Å². The zero-order valence-corrected chi connectivity index (χ0v) is 18.3. The molecule has 33 heavy (non-hydrogen) atoms. The molecule has 1 amide bonds. The van der Waals surface area contributed by atoms with E-state index in [1.165, 1.54) is 6.07 Å². The number of hydrogen-bond donors (Lipinski definition) is 1. The zero-order valence-electron chi connectivity index (χ0n) is 17.4. The number of thiophene rings is 1. The first kappa shape index (κ1) is 22.8. The highest BCUT2D eigenvalue weighted by Gasteiger charge is 2.42. The highest BCUT2D eigenvalue weighted by atomic mass is 32.1. The normalized spacial score (nSPS) is 13.1. The molecule has 0 aliphatic carbocycles. The molecule has 1 aromatic heterocycles. The molecule has 0 bridgehead atoms. The van der Waals surface area contributed by atoms with Gasteiger partial charge in [-0.05, 0) is 47.1 Å². The van der Waals surface area contributed by atoms with Crippen LogP contribution in [0, 0.1) is 0 Å². The van der Waals surface area contributed by atoms with Gasteiger partial charge in [-0.3, -0.25) is 9.59 Å². The maximum atomic E-state index is 13.6. The number of amides is 1. The number of carbonyl (C=O) groups is 2. The van der Waals surface area contributed by atoms with Gasteiger partial charge in [0, 0.05) is 24.7 Å². The number of carbonyl (C=O) groups excluding carboxylic acids is 1. The van der Waals surface area contributed by atoms with Gasteiger partial charge >= 0.3 is 12.1 Å². The molecule has 0 unspecified atom stereocenters. The largest absolute Gasteiger partial charge is 0.484 e. The third kappa shape index (κ3) is 5.19. The molecule has 2 aromatic carbocycles. The van der Waals surface area contributed by atoms with Crippen molar-refractivity contribution in [1.82, 2.24) is 0 Å². The SMILES string of the molecule is O=C(O)CCC(=O)N1CCc2cc(OCc3cc(-c4ccccc4)c(C(F)(F)F)[sH+]3)ccc21. The van der Waals surface area contributed by atoms with E-state index >= 15 is 0 Å². The summed E-state index contributed by atoms with van der Waals surface area (Å²) in [6.07, 6.45) is -4.13. The molecule has 1 aliphatic rings. The lowest BCUT2D eigenvalue weighted by molar-refractivity contribution is -0.138. The van der Waals surface area contributed by atoms with E-state index in [1.807, 2.05) is 0 Å². The van der Waals surface area contributed by atoms with Crippen LogP contribution in [0.1, 0.15) is 28.2 Å². The van der Waals surface area contributed by atoms with E-state index in [1.54, 1.807) is 53.4 Å². The Labute approximate surface area is 192 Å². The quantitative estimate of drug-likeness (QED) is 0.458. The minimum absolute atomic E-state index is 0.0114. The fourth-order valence-corrected chi connectivity index (χ4v) is 4.88. The fraction of sp³-hybridized carbons (Fsp3) is 0.250. The third-order valence-electron chi connectivity index (χ3n) is 5.36. The number of anilines is 1. The van der Waals surface area contributed by atoms with Gasteiger partial charge in [-0.15, -0.1) is 0 Å². The van der Waals surface area contributed by atoms with Crippen molar-refractivity contribution in [3.05, 3.63) is 69.9 Å². The molecule has 0 saturated heterocycles. The average molecular weight is 476 g/mol. The molecule has 0 saturated carbocycles. The summed E-state index contributed by atoms with van der Waals surface area (Å²) in [7, 11) is 0. The number of carboxylic acids is 1. The Hall–Kier alpha value is -3.33. The second-order valence-corrected chi connectivity index (χ2v) is 8.89. The van der Waals surface area contributed by atoms with Crippen LogP contribution in [-0.4, -0.2) is 23.5 Å². The summed E-state index contributed by atoms with van der Waals surface area (Å²) in [5.41, 5.74) is 2.27. The van der Waals surface area contributed by atoms with Crippen molar-refractivity contribution in [3.63, 3.8) is 0 Å². The Morgan fingerprint density at radius 3 is 2.52 bits per heavy atom. The van der Waals surface area contributed by atoms with E-state index in [9.17, 15) is 22.8 Å². The van der Waals surface area contributed by atoms with Crippen molar-refractivity contribution >= 4 is 28.9 Å². The highest BCUT2D eigenvalue weighted by Crippen LogP contribution is 2.43. The number of hydrogen-bond acceptors (Lipinski definition) is 3. The first-order chi connectivity index (χ1) is 15.7. The lowest BCUT2D eigenvalue weighted by Gasteiger charge is -2.17. The van der Waals surface area contributed by atoms with E-state index in [4.69, 9.17) is 9.84 Å². The summed E-state index contributed by atoms with van der Waals surface area (Å²) in [6.45, 7) is 0.470. The van der Waals surface area contributed by atoms with Crippen molar-refractivity contribution in [1.29, 1.82) is 0 Å². The van der Waals surface area contributed by atoms with Gasteiger partial charge in [0.1, 0.15) is 5.75 Å². The number of aliphatic carboxylic acids is 1. The monoisotopic (exact) mass is 476 g/mol. The maximum absolute atomic E-state index is 13.6. The number of alkyl halides is 3. The van der Waals surface area contributed by atoms with Gasteiger partial charge < -0.3 is 14.7 Å². The summed E-state index contributed by atoms with van der Waals surface area (Å²) in [6, 6.07) is 15.2. The molecule has 172 valence electrons. The van der Waals surface area contributed by atoms with Crippen LogP contribution in [0.25, 0.3) is 11.1 Å². The fourth-order valence-electron chi connectivity index (χ4n) is 3.83. The van der Waals surface area contributed by atoms with Crippen LogP contribution in [-0.2, 0) is 28.8 Å². The number of ether oxygens (including phenoxy) is 1. The summed E-state index contributed by atoms with van der Waals surface area (Å²) in [4.78, 5) is 24.5. The molecule has 5 nitrogen and oxygen atoms in total. The molecule has 0 spiro atoms. The standard InChI is InChI=1S/C24H20F3NO4S/c25-24(26,27)23-19(15-4-2-1-3-5-15)13-18(33-23)14-32-17-6-7-20-16(12-17)10-11-28(20)21(29)8-9-22(30)31/h1-7,12-13H,8-11,14H2,(H,30,31)/p+1. The Morgan fingerprint density at radius 2 is 1.82 bits per heavy atom. The van der Waals surface area contributed by atoms with Gasteiger partial charge in [0.25, 0.3) is 4.88 Å². The van der Waals surface area contributed by atoms with Crippen LogP contribution in [0.15, 0.2) is 54.6 Å². The average Bonchev–Trinajstić information content (AvgIpc) is 3.41. The number of rotatable bonds is 7. The summed E-state index contributed by atoms with van der Waals surface area (Å²) >= 11 is 0.0772. The van der Waals surface area contributed by atoms with E-state index < -0.39 is 17.0 Å². The summed E-state index contributed by atoms with van der Waals surface area (Å²) < 4.78 is 46.5. The highest BCUT2D eigenvalue weighted by molar-refractivity contribution is 7.12. The maximum Gasteiger partial charge on any atom is 0.466 e. The number of halogens is 3. The topological polar surface area (TPSA) is 66.8 Å². The third-order valence-corrected chi connectivity index (χ3v) is 6.63. The molecule has 1 aliphatic heterocycles. The molecule has 3 aromatic rings. The van der Waals surface area contributed by atoms with Gasteiger partial charge in [0.15, 0.2) is 11.5 Å². The molecule has 1 N–H and O–H groups in total. The Kier molecular flexibility index (Phi) is 6.42. The van der Waals surface area contributed by atoms with E-state index in [0.717, 1.165) is 5.56 Å². The predicted octanol–water partition coefficient (Wildman–Crippen LogP) is 5.50. The first-order valence-electron chi connectivity index (χ1n) is 10.3. The number of carboxylic acid groups (broad SMARTS) is 1. The number of nitrogens with zero attached hydrogens (tertiary/aromatic N) is 1. The van der Waals surface area contributed by atoms with Crippen molar-refractivity contribution < 1.29 is 32.6 Å². The zero-order chi connectivity index (χ0) is 23.6. The van der Waals surface area contributed by atoms with Gasteiger partial charge in [-0.1, -0.05) is 30.3 Å². The first-order valence-corrected chi connectivity index (χ1v) is 11.2. The lowest BCUT2D eigenvalue weighted by Crippen LogP contribution is -2.29.